The van der Waals surface area contributed by atoms with E-state index in [4.69, 9.17) is 4.74 Å². The summed E-state index contributed by atoms with van der Waals surface area (Å²) in [7, 11) is 1.47. The van der Waals surface area contributed by atoms with Crippen molar-refractivity contribution in [2.45, 2.75) is 6.42 Å². The topological polar surface area (TPSA) is 90.5 Å². The molecule has 1 aliphatic rings. The summed E-state index contributed by atoms with van der Waals surface area (Å²) in [5, 5.41) is 3.31. The van der Waals surface area contributed by atoms with E-state index in [1.165, 1.54) is 58.6 Å². The van der Waals surface area contributed by atoms with Gasteiger partial charge in [-0.2, -0.15) is 0 Å². The van der Waals surface area contributed by atoms with Gasteiger partial charge in [0.15, 0.2) is 0 Å². The van der Waals surface area contributed by atoms with Gasteiger partial charge >= 0.3 is 5.69 Å². The summed E-state index contributed by atoms with van der Waals surface area (Å²) in [6.45, 7) is 4.38. The van der Waals surface area contributed by atoms with Gasteiger partial charge in [0.05, 0.1) is 30.3 Å². The lowest BCUT2D eigenvalue weighted by atomic mass is 10.2. The SMILES string of the molecule is Cn1c(=O)cc(NCCCN2CCOCC2)c2c(=O)n(-c3ccc(F)cc3)c(=O)n(-c3ccc(F)cc3)c21. The molecule has 1 aliphatic heterocycles. The van der Waals surface area contributed by atoms with Crippen molar-refractivity contribution in [3.8, 4) is 11.4 Å². The first-order valence-electron chi connectivity index (χ1n) is 12.3. The van der Waals surface area contributed by atoms with Crippen LogP contribution in [-0.2, 0) is 11.8 Å². The Morgan fingerprint density at radius 1 is 0.868 bits per heavy atom. The number of aryl methyl sites for hydroxylation is 1. The second-order valence-corrected chi connectivity index (χ2v) is 9.10. The highest BCUT2D eigenvalue weighted by Crippen LogP contribution is 2.21. The Balaban J connectivity index is 1.68. The van der Waals surface area contributed by atoms with Crippen LogP contribution in [0.3, 0.4) is 0 Å². The van der Waals surface area contributed by atoms with Crippen molar-refractivity contribution in [2.75, 3.05) is 44.7 Å². The van der Waals surface area contributed by atoms with E-state index in [0.717, 1.165) is 42.8 Å². The van der Waals surface area contributed by atoms with E-state index < -0.39 is 28.4 Å². The number of hydrogen-bond donors (Lipinski definition) is 1. The largest absolute Gasteiger partial charge is 0.384 e. The molecular formula is C27H27F2N5O4. The Kier molecular flexibility index (Phi) is 7.21. The van der Waals surface area contributed by atoms with Gasteiger partial charge in [-0.15, -0.1) is 0 Å². The molecule has 0 amide bonds. The van der Waals surface area contributed by atoms with Gasteiger partial charge in [0.1, 0.15) is 22.7 Å². The fourth-order valence-electron chi connectivity index (χ4n) is 4.68. The molecule has 2 aromatic carbocycles. The zero-order chi connectivity index (χ0) is 26.8. The number of halogens is 2. The molecule has 11 heteroatoms. The number of anilines is 1. The number of pyridine rings is 1. The van der Waals surface area contributed by atoms with Gasteiger partial charge in [-0.1, -0.05) is 0 Å². The van der Waals surface area contributed by atoms with Crippen LogP contribution >= 0.6 is 0 Å². The van der Waals surface area contributed by atoms with Crippen LogP contribution in [0.25, 0.3) is 22.4 Å². The maximum absolute atomic E-state index is 13.9. The molecule has 1 fully saturated rings. The number of hydrogen-bond acceptors (Lipinski definition) is 6. The molecule has 1 saturated heterocycles. The van der Waals surface area contributed by atoms with E-state index in [1.54, 1.807) is 0 Å². The average Bonchev–Trinajstić information content (AvgIpc) is 2.91. The maximum atomic E-state index is 13.9. The molecular weight excluding hydrogens is 496 g/mol. The van der Waals surface area contributed by atoms with Crippen LogP contribution in [0.2, 0.25) is 0 Å². The second kappa shape index (κ2) is 10.7. The third kappa shape index (κ3) is 4.90. The first kappa shape index (κ1) is 25.6. The predicted molar refractivity (Wildman–Crippen MR) is 141 cm³/mol. The minimum atomic E-state index is -0.778. The first-order chi connectivity index (χ1) is 18.3. The van der Waals surface area contributed by atoms with Crippen LogP contribution in [0.4, 0.5) is 14.5 Å². The van der Waals surface area contributed by atoms with Crippen LogP contribution in [0, 0.1) is 11.6 Å². The normalized spacial score (nSPS) is 14.2. The number of morpholine rings is 1. The Hall–Kier alpha value is -4.09. The molecule has 0 spiro atoms. The van der Waals surface area contributed by atoms with Crippen LogP contribution < -0.4 is 22.1 Å². The van der Waals surface area contributed by atoms with Crippen LogP contribution in [0.5, 0.6) is 0 Å². The van der Waals surface area contributed by atoms with Crippen molar-refractivity contribution in [3.63, 3.8) is 0 Å². The summed E-state index contributed by atoms with van der Waals surface area (Å²) < 4.78 is 36.1. The van der Waals surface area contributed by atoms with E-state index in [0.29, 0.717) is 19.8 Å². The monoisotopic (exact) mass is 523 g/mol. The zero-order valence-corrected chi connectivity index (χ0v) is 20.8. The van der Waals surface area contributed by atoms with Crippen molar-refractivity contribution in [3.05, 3.63) is 97.4 Å². The predicted octanol–water partition coefficient (Wildman–Crippen LogP) is 2.25. The van der Waals surface area contributed by atoms with Gasteiger partial charge in [-0.3, -0.25) is 19.1 Å². The molecule has 0 unspecified atom stereocenters. The lowest BCUT2D eigenvalue weighted by Crippen LogP contribution is -2.41. The Morgan fingerprint density at radius 3 is 2.05 bits per heavy atom. The summed E-state index contributed by atoms with van der Waals surface area (Å²) in [6, 6.07) is 11.4. The summed E-state index contributed by atoms with van der Waals surface area (Å²) in [4.78, 5) is 42.9. The molecule has 9 nitrogen and oxygen atoms in total. The average molecular weight is 524 g/mol. The smallest absolute Gasteiger partial charge is 0.341 e. The number of benzene rings is 2. The highest BCUT2D eigenvalue weighted by atomic mass is 19.1. The Bertz CT molecular complexity index is 1640. The van der Waals surface area contributed by atoms with E-state index in [1.807, 2.05) is 0 Å². The van der Waals surface area contributed by atoms with Gasteiger partial charge < -0.3 is 10.1 Å². The van der Waals surface area contributed by atoms with Crippen LogP contribution in [0.1, 0.15) is 6.42 Å². The Labute approximate surface area is 216 Å². The summed E-state index contributed by atoms with van der Waals surface area (Å²) in [6.07, 6.45) is 0.750. The third-order valence-electron chi connectivity index (χ3n) is 6.66. The van der Waals surface area contributed by atoms with Crippen molar-refractivity contribution in [1.29, 1.82) is 0 Å². The molecule has 1 N–H and O–H groups in total. The van der Waals surface area contributed by atoms with E-state index in [2.05, 4.69) is 10.2 Å². The van der Waals surface area contributed by atoms with Crippen molar-refractivity contribution < 1.29 is 13.5 Å². The Morgan fingerprint density at radius 2 is 1.45 bits per heavy atom. The van der Waals surface area contributed by atoms with E-state index in [-0.39, 0.29) is 28.1 Å². The maximum Gasteiger partial charge on any atom is 0.341 e. The standard InChI is InChI=1S/C27H27F2N5O4/c1-31-23(35)17-22(30-11-2-12-32-13-15-38-16-14-32)24-25(31)33(20-7-3-18(28)4-8-20)27(37)34(26(24)36)21-9-5-19(29)6-10-21/h3-10,17,30H,2,11-16H2,1H3. The highest BCUT2D eigenvalue weighted by Gasteiger charge is 2.22. The third-order valence-corrected chi connectivity index (χ3v) is 6.66. The first-order valence-corrected chi connectivity index (χ1v) is 12.3. The number of nitrogens with one attached hydrogen (secondary N) is 1. The molecule has 0 saturated carbocycles. The molecule has 4 aromatic rings. The van der Waals surface area contributed by atoms with Gasteiger partial charge in [0, 0.05) is 32.7 Å². The van der Waals surface area contributed by atoms with Crippen LogP contribution in [0.15, 0.2) is 69.0 Å². The summed E-state index contributed by atoms with van der Waals surface area (Å²) in [5.41, 5.74) is -1.11. The molecule has 2 aromatic heterocycles. The molecule has 0 bridgehead atoms. The fraction of sp³-hybridized carbons (Fsp3) is 0.296. The van der Waals surface area contributed by atoms with Gasteiger partial charge in [-0.05, 0) is 61.5 Å². The minimum Gasteiger partial charge on any atom is -0.384 e. The molecule has 5 rings (SSSR count). The lowest BCUT2D eigenvalue weighted by molar-refractivity contribution is 0.0378. The number of fused-ring (bicyclic) bond motifs is 1. The van der Waals surface area contributed by atoms with E-state index in [9.17, 15) is 23.2 Å². The van der Waals surface area contributed by atoms with Gasteiger partial charge in [0.25, 0.3) is 11.1 Å². The van der Waals surface area contributed by atoms with Gasteiger partial charge in [-0.25, -0.2) is 22.7 Å². The molecule has 0 atom stereocenters. The number of ether oxygens (including phenoxy) is 1. The summed E-state index contributed by atoms with van der Waals surface area (Å²) >= 11 is 0. The molecule has 0 aliphatic carbocycles. The zero-order valence-electron chi connectivity index (χ0n) is 20.8. The van der Waals surface area contributed by atoms with Crippen LogP contribution in [-0.4, -0.2) is 58.0 Å². The van der Waals surface area contributed by atoms with Crippen molar-refractivity contribution >= 4 is 16.7 Å². The van der Waals surface area contributed by atoms with Crippen molar-refractivity contribution in [2.24, 2.45) is 7.05 Å². The quantitative estimate of drug-likeness (QED) is 0.374. The van der Waals surface area contributed by atoms with E-state index >= 15 is 0 Å². The second-order valence-electron chi connectivity index (χ2n) is 9.10. The molecule has 3 heterocycles. The van der Waals surface area contributed by atoms with Crippen molar-refractivity contribution in [1.82, 2.24) is 18.6 Å². The summed E-state index contributed by atoms with van der Waals surface area (Å²) in [5.74, 6) is -1.03. The molecule has 38 heavy (non-hydrogen) atoms. The lowest BCUT2D eigenvalue weighted by Gasteiger charge is -2.26. The number of rotatable bonds is 7. The highest BCUT2D eigenvalue weighted by molar-refractivity contribution is 5.89. The molecule has 198 valence electrons. The van der Waals surface area contributed by atoms with Gasteiger partial charge in [0.2, 0.25) is 0 Å². The number of nitrogens with zero attached hydrogens (tertiary/aromatic N) is 4. The molecule has 0 radical (unpaired) electrons. The fourth-order valence-corrected chi connectivity index (χ4v) is 4.68. The minimum absolute atomic E-state index is 0.0631. The number of aromatic nitrogens is 3.